The monoisotopic (exact) mass is 1060 g/mol. The van der Waals surface area contributed by atoms with Crippen LogP contribution in [0.4, 0.5) is 0 Å². The highest BCUT2D eigenvalue weighted by atomic mass is 32.2. The van der Waals surface area contributed by atoms with Gasteiger partial charge in [0.05, 0.1) is 21.9 Å². The Hall–Kier alpha value is -5.24. The van der Waals surface area contributed by atoms with Gasteiger partial charge in [0, 0.05) is 51.4 Å². The normalized spacial score (nSPS) is 18.4. The van der Waals surface area contributed by atoms with Gasteiger partial charge in [-0.3, -0.25) is 19.2 Å². The second-order valence-electron chi connectivity index (χ2n) is 22.2. The van der Waals surface area contributed by atoms with Crippen LogP contribution >= 0.6 is 0 Å². The number of likely N-dealkylation sites (N-methyl/N-ethyl adjacent to an activating group) is 2. The number of hydrogen-bond acceptors (Lipinski definition) is 10. The molecule has 4 aromatic carbocycles. The Balaban J connectivity index is 1.29. The maximum Gasteiger partial charge on any atom is 0.245 e. The van der Waals surface area contributed by atoms with Crippen molar-refractivity contribution in [1.29, 1.82) is 0 Å². The van der Waals surface area contributed by atoms with Crippen LogP contribution < -0.4 is 21.3 Å². The zero-order valence-corrected chi connectivity index (χ0v) is 46.7. The van der Waals surface area contributed by atoms with Gasteiger partial charge in [0.1, 0.15) is 12.1 Å². The number of amides is 4. The minimum absolute atomic E-state index is 0.0334. The summed E-state index contributed by atoms with van der Waals surface area (Å²) in [4.78, 5) is 58.5. The van der Waals surface area contributed by atoms with Crippen LogP contribution in [0.15, 0.2) is 107 Å². The van der Waals surface area contributed by atoms with E-state index in [0.29, 0.717) is 62.4 Å². The fourth-order valence-electron chi connectivity index (χ4n) is 9.76. The van der Waals surface area contributed by atoms with Crippen molar-refractivity contribution >= 4 is 54.4 Å². The first-order chi connectivity index (χ1) is 34.9. The number of sulfonamides is 2. The number of rotatable bonds is 22. The van der Waals surface area contributed by atoms with Crippen molar-refractivity contribution in [3.63, 3.8) is 0 Å². The van der Waals surface area contributed by atoms with Crippen LogP contribution in [0.3, 0.4) is 0 Å². The highest BCUT2D eigenvalue weighted by Crippen LogP contribution is 2.32. The summed E-state index contributed by atoms with van der Waals surface area (Å²) in [5, 5.41) is 12.8. The minimum atomic E-state index is -4.19. The second kappa shape index (κ2) is 24.6. The van der Waals surface area contributed by atoms with Crippen LogP contribution in [0.1, 0.15) is 92.2 Å². The van der Waals surface area contributed by atoms with Gasteiger partial charge in [0.2, 0.25) is 43.7 Å². The Morgan fingerprint density at radius 1 is 0.568 bits per heavy atom. The first-order valence-electron chi connectivity index (χ1n) is 26.0. The molecule has 74 heavy (non-hydrogen) atoms. The molecule has 6 rings (SSSR count). The molecule has 0 aliphatic carbocycles. The molecular weight excluding hydrogens is 977 g/mol. The molecule has 2 heterocycles. The highest BCUT2D eigenvalue weighted by Gasteiger charge is 2.43. The van der Waals surface area contributed by atoms with Crippen molar-refractivity contribution in [2.75, 3.05) is 53.4 Å². The van der Waals surface area contributed by atoms with Crippen molar-refractivity contribution in [2.24, 2.45) is 10.8 Å². The third kappa shape index (κ3) is 14.2. The summed E-state index contributed by atoms with van der Waals surface area (Å²) in [7, 11) is -5.02. The Morgan fingerprint density at radius 2 is 0.919 bits per heavy atom. The predicted octanol–water partition coefficient (Wildman–Crippen LogP) is 5.57. The van der Waals surface area contributed by atoms with E-state index in [0.717, 1.165) is 11.1 Å². The number of likely N-dealkylation sites (tertiary alicyclic amines) is 2. The average Bonchev–Trinajstić information content (AvgIpc) is 4.05. The number of nitrogens with zero attached hydrogens (tertiary/aromatic N) is 4. The summed E-state index contributed by atoms with van der Waals surface area (Å²) in [5.74, 6) is -1.11. The lowest BCUT2D eigenvalue weighted by atomic mass is 9.85. The fraction of sp³-hybridized carbons (Fsp3) is 0.536. The molecule has 2 aliphatic heterocycles. The number of fused-ring (bicyclic) bond motifs is 1. The molecule has 4 aromatic rings. The summed E-state index contributed by atoms with van der Waals surface area (Å²) in [6.07, 6.45) is 3.37. The molecule has 0 saturated carbocycles. The van der Waals surface area contributed by atoms with Crippen LogP contribution in [0.5, 0.6) is 0 Å². The van der Waals surface area contributed by atoms with Crippen molar-refractivity contribution in [1.82, 2.24) is 39.7 Å². The van der Waals surface area contributed by atoms with E-state index in [1.54, 1.807) is 62.0 Å². The average molecular weight is 1060 g/mol. The van der Waals surface area contributed by atoms with Gasteiger partial charge in [-0.1, -0.05) is 114 Å². The largest absolute Gasteiger partial charge is 0.342 e. The molecule has 2 aliphatic rings. The molecule has 0 spiro atoms. The minimum Gasteiger partial charge on any atom is -0.342 e. The number of carbonyl (C=O) groups is 4. The van der Waals surface area contributed by atoms with E-state index in [-0.39, 0.29) is 59.6 Å². The number of carbonyl (C=O) groups excluding carboxylic acids is 4. The van der Waals surface area contributed by atoms with E-state index in [9.17, 15) is 36.0 Å². The third-order valence-electron chi connectivity index (χ3n) is 14.6. The van der Waals surface area contributed by atoms with E-state index in [1.165, 1.54) is 20.7 Å². The topological polar surface area (TPSA) is 198 Å². The van der Waals surface area contributed by atoms with Crippen LogP contribution in [0.25, 0.3) is 10.8 Å². The predicted molar refractivity (Wildman–Crippen MR) is 291 cm³/mol. The molecular formula is C56H80N8O8S2. The molecule has 0 aromatic heterocycles. The Bertz CT molecular complexity index is 2610. The second-order valence-corrected chi connectivity index (χ2v) is 26.0. The van der Waals surface area contributed by atoms with Gasteiger partial charge in [0.25, 0.3) is 0 Å². The van der Waals surface area contributed by atoms with Crippen molar-refractivity contribution in [2.45, 2.75) is 140 Å². The van der Waals surface area contributed by atoms with Gasteiger partial charge in [-0.05, 0) is 123 Å². The van der Waals surface area contributed by atoms with Crippen LogP contribution in [-0.4, -0.2) is 148 Å². The lowest BCUT2D eigenvalue weighted by Gasteiger charge is -2.37. The van der Waals surface area contributed by atoms with E-state index < -0.39 is 67.1 Å². The maximum absolute atomic E-state index is 14.9. The molecule has 0 unspecified atom stereocenters. The van der Waals surface area contributed by atoms with Gasteiger partial charge in [-0.25, -0.2) is 16.8 Å². The quantitative estimate of drug-likeness (QED) is 0.0773. The van der Waals surface area contributed by atoms with Gasteiger partial charge >= 0.3 is 0 Å². The summed E-state index contributed by atoms with van der Waals surface area (Å²) in [6.45, 7) is 16.1. The highest BCUT2D eigenvalue weighted by molar-refractivity contribution is 7.89. The smallest absolute Gasteiger partial charge is 0.245 e. The molecule has 6 atom stereocenters. The zero-order chi connectivity index (χ0) is 54.2. The van der Waals surface area contributed by atoms with E-state index in [2.05, 4.69) is 21.3 Å². The lowest BCUT2D eigenvalue weighted by Crippen LogP contribution is -2.59. The van der Waals surface area contributed by atoms with Crippen LogP contribution in [-0.2, 0) is 52.1 Å². The van der Waals surface area contributed by atoms with E-state index >= 15 is 0 Å². The summed E-state index contributed by atoms with van der Waals surface area (Å²) in [6, 6.07) is 25.0. The molecule has 2 fully saturated rings. The Labute approximate surface area is 440 Å². The molecule has 4 N–H and O–H groups in total. The number of benzene rings is 4. The fourth-order valence-corrected chi connectivity index (χ4v) is 12.8. The van der Waals surface area contributed by atoms with Crippen molar-refractivity contribution in [3.05, 3.63) is 108 Å². The molecule has 2 saturated heterocycles. The number of nitrogens with one attached hydrogen (secondary N) is 4. The van der Waals surface area contributed by atoms with Crippen LogP contribution in [0.2, 0.25) is 0 Å². The molecule has 0 radical (unpaired) electrons. The lowest BCUT2D eigenvalue weighted by molar-refractivity contribution is -0.140. The summed E-state index contributed by atoms with van der Waals surface area (Å²) >= 11 is 0. The maximum atomic E-state index is 14.9. The molecule has 404 valence electrons. The first kappa shape index (κ1) is 58.0. The van der Waals surface area contributed by atoms with Crippen LogP contribution in [0, 0.1) is 10.8 Å². The molecule has 16 nitrogen and oxygen atoms in total. The van der Waals surface area contributed by atoms with Crippen molar-refractivity contribution in [3.8, 4) is 0 Å². The third-order valence-corrected chi connectivity index (χ3v) is 18.4. The number of hydrogen-bond donors (Lipinski definition) is 4. The van der Waals surface area contributed by atoms with Crippen molar-refractivity contribution < 1.29 is 36.0 Å². The molecule has 4 amide bonds. The Kier molecular flexibility index (Phi) is 19.3. The Morgan fingerprint density at radius 3 is 1.24 bits per heavy atom. The standard InChI is InChI=1S/C56H80N8O8S2/c1-39(57-9)51(65)59-49(55(3,4)5)53(67)63-31-17-23-45(63)37-61(33-29-41-19-13-11-14-20-41)73(69,70)47-27-25-44-36-48(28-26-43(44)35-47)74(71,72)62(34-30-42-21-15-12-16-22-42)38-46-24-18-32-64(46)54(68)50(56(6,7)8)60-52(66)40(2)58-10/h11-16,19-22,25-28,35-36,39-40,45-46,49-50,57-58H,17-18,23-24,29-34,37-38H2,1-10H3,(H,59,65)(H,60,66)/t39-,40-,45-,46+,49+,50+/m0/s1. The van der Waals surface area contributed by atoms with E-state index in [1.807, 2.05) is 102 Å². The van der Waals surface area contributed by atoms with Gasteiger partial charge < -0.3 is 31.1 Å². The van der Waals surface area contributed by atoms with E-state index in [4.69, 9.17) is 0 Å². The summed E-state index contributed by atoms with van der Waals surface area (Å²) < 4.78 is 62.7. The molecule has 0 bridgehead atoms. The summed E-state index contributed by atoms with van der Waals surface area (Å²) in [5.41, 5.74) is 0.653. The van der Waals surface area contributed by atoms with Gasteiger partial charge in [0.15, 0.2) is 0 Å². The van der Waals surface area contributed by atoms with Gasteiger partial charge in [-0.15, -0.1) is 0 Å². The molecule has 18 heteroatoms. The first-order valence-corrected chi connectivity index (χ1v) is 28.9. The SMILES string of the molecule is CN[C@@H](C)C(=O)N[C@H](C(=O)N1CCC[C@@H]1CN(CCc1ccccc1)S(=O)(=O)c1ccc2cc(S(=O)(=O)N(CCc3ccccc3)C[C@@H]3CCCN3C(=O)[C@@H](NC(=O)[C@H](C)NC)C(C)(C)C)ccc2c1)C(C)(C)C. The zero-order valence-electron chi connectivity index (χ0n) is 45.1. The van der Waals surface area contributed by atoms with Gasteiger partial charge in [-0.2, -0.15) is 8.61 Å².